The molecule has 0 aliphatic carbocycles. The maximum atomic E-state index is 11.4. The molecule has 0 saturated carbocycles. The molecule has 0 aliphatic heterocycles. The van der Waals surface area contributed by atoms with Crippen LogP contribution >= 0.6 is 12.2 Å². The molecule has 14 heavy (non-hydrogen) atoms. The third-order valence-electron chi connectivity index (χ3n) is 2.05. The van der Waals surface area contributed by atoms with Crippen molar-refractivity contribution in [3.8, 4) is 0 Å². The summed E-state index contributed by atoms with van der Waals surface area (Å²) < 4.78 is 0. The summed E-state index contributed by atoms with van der Waals surface area (Å²) in [4.78, 5) is 15.6. The van der Waals surface area contributed by atoms with Gasteiger partial charge in [-0.1, -0.05) is 12.2 Å². The molecule has 0 aromatic carbocycles. The fourth-order valence-electron chi connectivity index (χ4n) is 0.908. The van der Waals surface area contributed by atoms with Crippen LogP contribution in [-0.2, 0) is 4.79 Å². The first-order valence-corrected chi connectivity index (χ1v) is 5.09. The molecule has 0 saturated heterocycles. The largest absolute Gasteiger partial charge is 0.393 e. The molecule has 0 spiro atoms. The topological polar surface area (TPSA) is 49.6 Å². The lowest BCUT2D eigenvalue weighted by atomic mass is 10.4. The zero-order valence-corrected chi connectivity index (χ0v) is 9.93. The summed E-state index contributed by atoms with van der Waals surface area (Å²) in [5, 5.41) is 0. The number of likely N-dealkylation sites (N-methyl/N-ethyl adjacent to an activating group) is 2. The Balaban J connectivity index is 3.76. The van der Waals surface area contributed by atoms with Crippen molar-refractivity contribution in [2.24, 2.45) is 5.73 Å². The molecule has 0 fully saturated rings. The Hall–Kier alpha value is -0.680. The second-order valence-electron chi connectivity index (χ2n) is 3.36. The lowest BCUT2D eigenvalue weighted by molar-refractivity contribution is -0.130. The number of amides is 1. The van der Waals surface area contributed by atoms with E-state index in [0.29, 0.717) is 18.0 Å². The summed E-state index contributed by atoms with van der Waals surface area (Å²) >= 11 is 4.76. The molecule has 0 aromatic rings. The third-order valence-corrected chi connectivity index (χ3v) is 2.25. The van der Waals surface area contributed by atoms with E-state index in [9.17, 15) is 4.79 Å². The van der Waals surface area contributed by atoms with E-state index in [0.717, 1.165) is 13.1 Å². The van der Waals surface area contributed by atoms with Gasteiger partial charge in [0.2, 0.25) is 5.91 Å². The van der Waals surface area contributed by atoms with Crippen LogP contribution < -0.4 is 5.73 Å². The molecule has 0 atom stereocenters. The first-order chi connectivity index (χ1) is 6.47. The van der Waals surface area contributed by atoms with Gasteiger partial charge in [0.05, 0.1) is 11.5 Å². The van der Waals surface area contributed by atoms with Crippen LogP contribution in [0.15, 0.2) is 0 Å². The van der Waals surface area contributed by atoms with Crippen molar-refractivity contribution in [3.05, 3.63) is 0 Å². The van der Waals surface area contributed by atoms with E-state index in [2.05, 4.69) is 0 Å². The predicted molar refractivity (Wildman–Crippen MR) is 62.2 cm³/mol. The Morgan fingerprint density at radius 3 is 2.43 bits per heavy atom. The molecule has 0 aliphatic rings. The van der Waals surface area contributed by atoms with Crippen molar-refractivity contribution in [1.29, 1.82) is 0 Å². The van der Waals surface area contributed by atoms with Crippen molar-refractivity contribution in [1.82, 2.24) is 9.80 Å². The van der Waals surface area contributed by atoms with E-state index in [4.69, 9.17) is 18.0 Å². The van der Waals surface area contributed by atoms with Crippen molar-refractivity contribution in [2.75, 3.05) is 33.7 Å². The molecule has 4 nitrogen and oxygen atoms in total. The Kier molecular flexibility index (Phi) is 6.40. The SMILES string of the molecule is CCN(C)C(=O)CN(C)CCC(N)=S. The van der Waals surface area contributed by atoms with Crippen molar-refractivity contribution >= 4 is 23.1 Å². The van der Waals surface area contributed by atoms with E-state index in [1.165, 1.54) is 0 Å². The second-order valence-corrected chi connectivity index (χ2v) is 3.89. The number of nitrogens with two attached hydrogens (primary N) is 1. The second kappa shape index (κ2) is 6.73. The molecular weight excluding hydrogens is 198 g/mol. The standard InChI is InChI=1S/C9H19N3OS/c1-4-12(3)9(13)7-11(2)6-5-8(10)14/h4-7H2,1-3H3,(H2,10,14). The highest BCUT2D eigenvalue weighted by molar-refractivity contribution is 7.80. The number of hydrogen-bond donors (Lipinski definition) is 1. The van der Waals surface area contributed by atoms with Gasteiger partial charge in [0, 0.05) is 26.6 Å². The minimum Gasteiger partial charge on any atom is -0.393 e. The Bertz CT molecular complexity index is 208. The highest BCUT2D eigenvalue weighted by Crippen LogP contribution is 1.91. The van der Waals surface area contributed by atoms with Gasteiger partial charge in [-0.05, 0) is 14.0 Å². The van der Waals surface area contributed by atoms with Crippen LogP contribution in [0.3, 0.4) is 0 Å². The van der Waals surface area contributed by atoms with Gasteiger partial charge >= 0.3 is 0 Å². The number of hydrogen-bond acceptors (Lipinski definition) is 3. The van der Waals surface area contributed by atoms with E-state index >= 15 is 0 Å². The number of rotatable bonds is 6. The zero-order valence-electron chi connectivity index (χ0n) is 9.12. The van der Waals surface area contributed by atoms with E-state index in [-0.39, 0.29) is 5.91 Å². The summed E-state index contributed by atoms with van der Waals surface area (Å²) in [6, 6.07) is 0. The molecule has 1 amide bonds. The molecule has 0 heterocycles. The van der Waals surface area contributed by atoms with Crippen molar-refractivity contribution < 1.29 is 4.79 Å². The molecule has 0 unspecified atom stereocenters. The highest BCUT2D eigenvalue weighted by atomic mass is 32.1. The number of carbonyl (C=O) groups is 1. The maximum absolute atomic E-state index is 11.4. The first kappa shape index (κ1) is 13.3. The Labute approximate surface area is 91.0 Å². The van der Waals surface area contributed by atoms with Gasteiger partial charge in [0.25, 0.3) is 0 Å². The number of nitrogens with zero attached hydrogens (tertiary/aromatic N) is 2. The van der Waals surface area contributed by atoms with Gasteiger partial charge < -0.3 is 10.6 Å². The van der Waals surface area contributed by atoms with Crippen LogP contribution in [0.25, 0.3) is 0 Å². The minimum atomic E-state index is 0.123. The quantitative estimate of drug-likeness (QED) is 0.640. The lowest BCUT2D eigenvalue weighted by Crippen LogP contribution is -2.37. The molecule has 0 bridgehead atoms. The fourth-order valence-corrected chi connectivity index (χ4v) is 0.999. The summed E-state index contributed by atoms with van der Waals surface area (Å²) in [6.45, 7) is 3.85. The van der Waals surface area contributed by atoms with Crippen LogP contribution in [0.4, 0.5) is 0 Å². The fraction of sp³-hybridized carbons (Fsp3) is 0.778. The van der Waals surface area contributed by atoms with Crippen molar-refractivity contribution in [3.63, 3.8) is 0 Å². The summed E-state index contributed by atoms with van der Waals surface area (Å²) in [7, 11) is 3.68. The van der Waals surface area contributed by atoms with Gasteiger partial charge in [-0.3, -0.25) is 9.69 Å². The molecule has 5 heteroatoms. The summed E-state index contributed by atoms with van der Waals surface area (Å²) in [6.07, 6.45) is 0.662. The molecule has 0 rings (SSSR count). The van der Waals surface area contributed by atoms with Crippen LogP contribution in [0.1, 0.15) is 13.3 Å². The van der Waals surface area contributed by atoms with Crippen LogP contribution in [0.5, 0.6) is 0 Å². The van der Waals surface area contributed by atoms with Gasteiger partial charge in [-0.15, -0.1) is 0 Å². The summed E-state index contributed by atoms with van der Waals surface area (Å²) in [5.41, 5.74) is 5.37. The Morgan fingerprint density at radius 2 is 2.00 bits per heavy atom. The van der Waals surface area contributed by atoms with E-state index < -0.39 is 0 Å². The maximum Gasteiger partial charge on any atom is 0.236 e. The van der Waals surface area contributed by atoms with Gasteiger partial charge in [-0.2, -0.15) is 0 Å². The summed E-state index contributed by atoms with van der Waals surface area (Å²) in [5.74, 6) is 0.123. The molecule has 2 N–H and O–H groups in total. The first-order valence-electron chi connectivity index (χ1n) is 4.68. The van der Waals surface area contributed by atoms with Crippen molar-refractivity contribution in [2.45, 2.75) is 13.3 Å². The van der Waals surface area contributed by atoms with Crippen LogP contribution in [0, 0.1) is 0 Å². The molecule has 0 radical (unpaired) electrons. The average molecular weight is 217 g/mol. The minimum absolute atomic E-state index is 0.123. The van der Waals surface area contributed by atoms with Crippen LogP contribution in [-0.4, -0.2) is 54.4 Å². The number of carbonyl (C=O) groups excluding carboxylic acids is 1. The molecular formula is C9H19N3OS. The average Bonchev–Trinajstić information content (AvgIpc) is 2.13. The normalized spacial score (nSPS) is 10.3. The molecule has 0 aromatic heterocycles. The lowest BCUT2D eigenvalue weighted by Gasteiger charge is -2.20. The third kappa shape index (κ3) is 5.88. The monoisotopic (exact) mass is 217 g/mol. The van der Waals surface area contributed by atoms with Crippen LogP contribution in [0.2, 0.25) is 0 Å². The van der Waals surface area contributed by atoms with E-state index in [1.54, 1.807) is 11.9 Å². The Morgan fingerprint density at radius 1 is 1.43 bits per heavy atom. The van der Waals surface area contributed by atoms with Gasteiger partial charge in [0.1, 0.15) is 0 Å². The molecule has 82 valence electrons. The predicted octanol–water partition coefficient (Wildman–Crippen LogP) is 0.0727. The van der Waals surface area contributed by atoms with E-state index in [1.807, 2.05) is 18.9 Å². The number of thiocarbonyl (C=S) groups is 1. The smallest absolute Gasteiger partial charge is 0.236 e. The zero-order chi connectivity index (χ0) is 11.1. The highest BCUT2D eigenvalue weighted by Gasteiger charge is 2.09. The van der Waals surface area contributed by atoms with Gasteiger partial charge in [-0.25, -0.2) is 0 Å². The van der Waals surface area contributed by atoms with Gasteiger partial charge in [0.15, 0.2) is 0 Å².